The summed E-state index contributed by atoms with van der Waals surface area (Å²) in [6.07, 6.45) is 2.64. The lowest BCUT2D eigenvalue weighted by atomic mass is 10.1. The van der Waals surface area contributed by atoms with Crippen molar-refractivity contribution >= 4 is 12.6 Å². The summed E-state index contributed by atoms with van der Waals surface area (Å²) >= 11 is 4.43. The molecule has 0 bridgehead atoms. The lowest BCUT2D eigenvalue weighted by Gasteiger charge is -2.28. The highest BCUT2D eigenvalue weighted by Crippen LogP contribution is 2.13. The molecule has 1 nitrogen and oxygen atoms in total. The summed E-state index contributed by atoms with van der Waals surface area (Å²) in [6, 6.07) is 0. The first-order valence-corrected chi connectivity index (χ1v) is 4.25. The zero-order valence-corrected chi connectivity index (χ0v) is 6.90. The van der Waals surface area contributed by atoms with Gasteiger partial charge in [-0.2, -0.15) is 12.6 Å². The third kappa shape index (κ3) is 2.18. The van der Waals surface area contributed by atoms with Crippen LogP contribution in [-0.4, -0.2) is 29.8 Å². The molecule has 1 heterocycles. The second kappa shape index (κ2) is 3.47. The quantitative estimate of drug-likeness (QED) is 0.546. The first-order valence-electron chi connectivity index (χ1n) is 3.73. The van der Waals surface area contributed by atoms with Gasteiger partial charge in [0.05, 0.1) is 0 Å². The van der Waals surface area contributed by atoms with E-state index in [0.29, 0.717) is 5.25 Å². The molecule has 54 valence electrons. The molecule has 0 amide bonds. The Morgan fingerprint density at radius 2 is 2.44 bits per heavy atom. The number of rotatable bonds is 1. The van der Waals surface area contributed by atoms with E-state index in [1.165, 1.54) is 32.5 Å². The molecule has 0 unspecified atom stereocenters. The van der Waals surface area contributed by atoms with E-state index in [1.54, 1.807) is 0 Å². The molecule has 0 spiro atoms. The van der Waals surface area contributed by atoms with Gasteiger partial charge in [0.25, 0.3) is 0 Å². The molecule has 2 heteroatoms. The van der Waals surface area contributed by atoms with E-state index < -0.39 is 0 Å². The fourth-order valence-electron chi connectivity index (χ4n) is 1.32. The predicted octanol–water partition coefficient (Wildman–Crippen LogP) is 1.40. The van der Waals surface area contributed by atoms with Crippen LogP contribution < -0.4 is 0 Å². The first-order chi connectivity index (χ1) is 4.33. The van der Waals surface area contributed by atoms with Crippen molar-refractivity contribution in [2.45, 2.75) is 25.0 Å². The van der Waals surface area contributed by atoms with E-state index in [9.17, 15) is 0 Å². The van der Waals surface area contributed by atoms with Gasteiger partial charge in [-0.25, -0.2) is 0 Å². The SMILES string of the molecule is CCN1CCC[C@H](S)C1. The maximum absolute atomic E-state index is 4.43. The van der Waals surface area contributed by atoms with Gasteiger partial charge >= 0.3 is 0 Å². The van der Waals surface area contributed by atoms with E-state index in [2.05, 4.69) is 24.5 Å². The topological polar surface area (TPSA) is 3.24 Å². The van der Waals surface area contributed by atoms with Crippen LogP contribution in [0.4, 0.5) is 0 Å². The summed E-state index contributed by atoms with van der Waals surface area (Å²) < 4.78 is 0. The van der Waals surface area contributed by atoms with Gasteiger partial charge in [0, 0.05) is 11.8 Å². The summed E-state index contributed by atoms with van der Waals surface area (Å²) in [4.78, 5) is 2.46. The van der Waals surface area contributed by atoms with Crippen molar-refractivity contribution in [3.05, 3.63) is 0 Å². The van der Waals surface area contributed by atoms with E-state index in [4.69, 9.17) is 0 Å². The molecular formula is C7H15NS. The molecule has 0 aliphatic carbocycles. The van der Waals surface area contributed by atoms with Gasteiger partial charge in [-0.1, -0.05) is 6.92 Å². The molecule has 1 aliphatic heterocycles. The lowest BCUT2D eigenvalue weighted by molar-refractivity contribution is 0.246. The lowest BCUT2D eigenvalue weighted by Crippen LogP contribution is -2.35. The fourth-order valence-corrected chi connectivity index (χ4v) is 1.73. The van der Waals surface area contributed by atoms with Crippen LogP contribution >= 0.6 is 12.6 Å². The Bertz CT molecular complexity index is 85.0. The van der Waals surface area contributed by atoms with Crippen molar-refractivity contribution in [1.82, 2.24) is 4.90 Å². The van der Waals surface area contributed by atoms with Crippen molar-refractivity contribution in [2.75, 3.05) is 19.6 Å². The molecule has 0 saturated carbocycles. The Kier molecular flexibility index (Phi) is 2.86. The first kappa shape index (κ1) is 7.42. The largest absolute Gasteiger partial charge is 0.303 e. The van der Waals surface area contributed by atoms with Gasteiger partial charge in [-0.15, -0.1) is 0 Å². The van der Waals surface area contributed by atoms with Gasteiger partial charge in [-0.05, 0) is 25.9 Å². The van der Waals surface area contributed by atoms with Crippen molar-refractivity contribution in [3.63, 3.8) is 0 Å². The van der Waals surface area contributed by atoms with Crippen LogP contribution in [0, 0.1) is 0 Å². The smallest absolute Gasteiger partial charge is 0.0145 e. The molecule has 1 rings (SSSR count). The van der Waals surface area contributed by atoms with Gasteiger partial charge < -0.3 is 4.90 Å². The minimum atomic E-state index is 0.638. The molecule has 0 radical (unpaired) electrons. The van der Waals surface area contributed by atoms with Crippen molar-refractivity contribution in [1.29, 1.82) is 0 Å². The molecular weight excluding hydrogens is 130 g/mol. The molecule has 1 saturated heterocycles. The molecule has 0 aromatic heterocycles. The van der Waals surface area contributed by atoms with Crippen molar-refractivity contribution < 1.29 is 0 Å². The van der Waals surface area contributed by atoms with E-state index in [0.717, 1.165) is 0 Å². The second-order valence-electron chi connectivity index (χ2n) is 2.69. The van der Waals surface area contributed by atoms with Gasteiger partial charge in [-0.3, -0.25) is 0 Å². The third-order valence-electron chi connectivity index (χ3n) is 1.93. The van der Waals surface area contributed by atoms with Gasteiger partial charge in [0.15, 0.2) is 0 Å². The van der Waals surface area contributed by atoms with Crippen molar-refractivity contribution in [3.8, 4) is 0 Å². The average molecular weight is 145 g/mol. The molecule has 9 heavy (non-hydrogen) atoms. The van der Waals surface area contributed by atoms with Crippen LogP contribution in [0.15, 0.2) is 0 Å². The Balaban J connectivity index is 2.23. The van der Waals surface area contributed by atoms with E-state index >= 15 is 0 Å². The summed E-state index contributed by atoms with van der Waals surface area (Å²) in [5.41, 5.74) is 0. The second-order valence-corrected chi connectivity index (χ2v) is 3.42. The number of hydrogen-bond donors (Lipinski definition) is 1. The molecule has 1 atom stereocenters. The maximum Gasteiger partial charge on any atom is 0.0145 e. The molecule has 0 aromatic rings. The average Bonchev–Trinajstić information content (AvgIpc) is 1.88. The number of likely N-dealkylation sites (tertiary alicyclic amines) is 1. The maximum atomic E-state index is 4.43. The van der Waals surface area contributed by atoms with Gasteiger partial charge in [0.1, 0.15) is 0 Å². The highest BCUT2D eigenvalue weighted by Gasteiger charge is 2.14. The Morgan fingerprint density at radius 1 is 1.67 bits per heavy atom. The van der Waals surface area contributed by atoms with E-state index in [1.807, 2.05) is 0 Å². The van der Waals surface area contributed by atoms with Gasteiger partial charge in [0.2, 0.25) is 0 Å². The van der Waals surface area contributed by atoms with E-state index in [-0.39, 0.29) is 0 Å². The Labute approximate surface area is 62.8 Å². The zero-order chi connectivity index (χ0) is 6.69. The number of piperidine rings is 1. The molecule has 1 fully saturated rings. The van der Waals surface area contributed by atoms with Crippen LogP contribution in [-0.2, 0) is 0 Å². The standard InChI is InChI=1S/C7H15NS/c1-2-8-5-3-4-7(9)6-8/h7,9H,2-6H2,1H3/t7-/m0/s1. The summed E-state index contributed by atoms with van der Waals surface area (Å²) in [6.45, 7) is 5.88. The Hall–Kier alpha value is 0.310. The summed E-state index contributed by atoms with van der Waals surface area (Å²) in [5.74, 6) is 0. The Morgan fingerprint density at radius 3 is 2.89 bits per heavy atom. The van der Waals surface area contributed by atoms with Crippen LogP contribution in [0.1, 0.15) is 19.8 Å². The van der Waals surface area contributed by atoms with Crippen LogP contribution in [0.3, 0.4) is 0 Å². The fraction of sp³-hybridized carbons (Fsp3) is 1.00. The van der Waals surface area contributed by atoms with Crippen LogP contribution in [0.25, 0.3) is 0 Å². The highest BCUT2D eigenvalue weighted by atomic mass is 32.1. The highest BCUT2D eigenvalue weighted by molar-refractivity contribution is 7.81. The molecule has 0 aromatic carbocycles. The third-order valence-corrected chi connectivity index (χ3v) is 2.35. The monoisotopic (exact) mass is 145 g/mol. The number of hydrogen-bond acceptors (Lipinski definition) is 2. The number of nitrogens with zero attached hydrogens (tertiary/aromatic N) is 1. The molecule has 1 aliphatic rings. The minimum absolute atomic E-state index is 0.638. The summed E-state index contributed by atoms with van der Waals surface area (Å²) in [5, 5.41) is 0.638. The minimum Gasteiger partial charge on any atom is -0.303 e. The zero-order valence-electron chi connectivity index (χ0n) is 6.01. The normalized spacial score (nSPS) is 30.7. The van der Waals surface area contributed by atoms with Crippen LogP contribution in [0.5, 0.6) is 0 Å². The van der Waals surface area contributed by atoms with Crippen molar-refractivity contribution in [2.24, 2.45) is 0 Å². The summed E-state index contributed by atoms with van der Waals surface area (Å²) in [7, 11) is 0. The molecule has 0 N–H and O–H groups in total. The van der Waals surface area contributed by atoms with Crippen LogP contribution in [0.2, 0.25) is 0 Å². The predicted molar refractivity (Wildman–Crippen MR) is 44.1 cm³/mol. The number of thiol groups is 1.